The summed E-state index contributed by atoms with van der Waals surface area (Å²) in [5.74, 6) is 1.68. The highest BCUT2D eigenvalue weighted by molar-refractivity contribution is 5.85. The lowest BCUT2D eigenvalue weighted by molar-refractivity contribution is 0.185. The van der Waals surface area contributed by atoms with E-state index in [1.165, 1.54) is 0 Å². The number of ether oxygens (including phenoxy) is 1. The number of nitrogens with zero attached hydrogens (tertiary/aromatic N) is 3. The molecule has 0 spiro atoms. The SMILES string of the molecule is COCCn1cnnc1C1CCNCC1.Cl.Cl. The average Bonchev–Trinajstić information content (AvgIpc) is 2.75. The van der Waals surface area contributed by atoms with Crippen molar-refractivity contribution in [1.82, 2.24) is 20.1 Å². The van der Waals surface area contributed by atoms with Crippen molar-refractivity contribution in [1.29, 1.82) is 0 Å². The molecule has 0 unspecified atom stereocenters. The van der Waals surface area contributed by atoms with Gasteiger partial charge >= 0.3 is 0 Å². The molecule has 0 amide bonds. The standard InChI is InChI=1S/C10H18N4O.2ClH/c1-15-7-6-14-8-12-13-10(14)9-2-4-11-5-3-9;;/h8-9,11H,2-7H2,1H3;2*1H. The molecule has 1 aliphatic rings. The van der Waals surface area contributed by atoms with Gasteiger partial charge < -0.3 is 14.6 Å². The first-order valence-electron chi connectivity index (χ1n) is 5.49. The van der Waals surface area contributed by atoms with Crippen LogP contribution in [0.1, 0.15) is 24.6 Å². The maximum Gasteiger partial charge on any atom is 0.136 e. The van der Waals surface area contributed by atoms with Crippen LogP contribution in [0.3, 0.4) is 0 Å². The summed E-state index contributed by atoms with van der Waals surface area (Å²) in [6.45, 7) is 3.74. The third-order valence-electron chi connectivity index (χ3n) is 2.89. The highest BCUT2D eigenvalue weighted by atomic mass is 35.5. The Hall–Kier alpha value is -0.360. The second-order valence-electron chi connectivity index (χ2n) is 3.90. The molecule has 100 valence electrons. The summed E-state index contributed by atoms with van der Waals surface area (Å²) in [6.07, 6.45) is 4.12. The van der Waals surface area contributed by atoms with Gasteiger partial charge in [0.1, 0.15) is 12.2 Å². The van der Waals surface area contributed by atoms with Crippen molar-refractivity contribution >= 4 is 24.8 Å². The molecule has 1 fully saturated rings. The van der Waals surface area contributed by atoms with E-state index in [9.17, 15) is 0 Å². The van der Waals surface area contributed by atoms with Gasteiger partial charge in [-0.05, 0) is 25.9 Å². The molecule has 0 saturated carbocycles. The van der Waals surface area contributed by atoms with E-state index in [0.29, 0.717) is 5.92 Å². The van der Waals surface area contributed by atoms with Crippen LogP contribution in [0.5, 0.6) is 0 Å². The first kappa shape index (κ1) is 16.6. The highest BCUT2D eigenvalue weighted by Gasteiger charge is 2.20. The van der Waals surface area contributed by atoms with E-state index in [-0.39, 0.29) is 24.8 Å². The lowest BCUT2D eigenvalue weighted by Gasteiger charge is -2.22. The molecule has 0 aliphatic carbocycles. The van der Waals surface area contributed by atoms with Crippen molar-refractivity contribution in [3.8, 4) is 0 Å². The van der Waals surface area contributed by atoms with Crippen LogP contribution in [0.2, 0.25) is 0 Å². The molecular formula is C10H20Cl2N4O. The highest BCUT2D eigenvalue weighted by Crippen LogP contribution is 2.22. The van der Waals surface area contributed by atoms with Crippen molar-refractivity contribution in [2.45, 2.75) is 25.3 Å². The molecule has 17 heavy (non-hydrogen) atoms. The molecule has 1 saturated heterocycles. The number of methoxy groups -OCH3 is 1. The first-order valence-corrected chi connectivity index (χ1v) is 5.49. The molecule has 1 N–H and O–H groups in total. The Morgan fingerprint density at radius 1 is 1.41 bits per heavy atom. The molecule has 1 aromatic rings. The fraction of sp³-hybridized carbons (Fsp3) is 0.800. The molecule has 0 atom stereocenters. The summed E-state index contributed by atoms with van der Waals surface area (Å²) in [5.41, 5.74) is 0. The Bertz CT molecular complexity index is 302. The van der Waals surface area contributed by atoms with Crippen LogP contribution in [0.25, 0.3) is 0 Å². The maximum absolute atomic E-state index is 5.07. The summed E-state index contributed by atoms with van der Waals surface area (Å²) >= 11 is 0. The van der Waals surface area contributed by atoms with Gasteiger partial charge in [0.15, 0.2) is 0 Å². The number of rotatable bonds is 4. The fourth-order valence-electron chi connectivity index (χ4n) is 2.02. The average molecular weight is 283 g/mol. The van der Waals surface area contributed by atoms with Crippen molar-refractivity contribution in [3.63, 3.8) is 0 Å². The summed E-state index contributed by atoms with van der Waals surface area (Å²) in [5, 5.41) is 11.6. The normalized spacial score (nSPS) is 16.1. The van der Waals surface area contributed by atoms with E-state index >= 15 is 0 Å². The van der Waals surface area contributed by atoms with Crippen LogP contribution in [0.4, 0.5) is 0 Å². The Balaban J connectivity index is 0.00000128. The molecule has 7 heteroatoms. The molecule has 2 rings (SSSR count). The predicted octanol–water partition coefficient (Wildman–Crippen LogP) is 1.24. The fourth-order valence-corrected chi connectivity index (χ4v) is 2.02. The van der Waals surface area contributed by atoms with E-state index in [4.69, 9.17) is 4.74 Å². The minimum atomic E-state index is 0. The molecule has 5 nitrogen and oxygen atoms in total. The summed E-state index contributed by atoms with van der Waals surface area (Å²) < 4.78 is 7.18. The molecule has 1 aliphatic heterocycles. The summed E-state index contributed by atoms with van der Waals surface area (Å²) in [6, 6.07) is 0. The Morgan fingerprint density at radius 2 is 2.12 bits per heavy atom. The van der Waals surface area contributed by atoms with E-state index < -0.39 is 0 Å². The van der Waals surface area contributed by atoms with Crippen LogP contribution >= 0.6 is 24.8 Å². The summed E-state index contributed by atoms with van der Waals surface area (Å²) in [7, 11) is 1.72. The second kappa shape index (κ2) is 8.69. The van der Waals surface area contributed by atoms with E-state index in [0.717, 1.165) is 44.9 Å². The van der Waals surface area contributed by atoms with Gasteiger partial charge in [-0.3, -0.25) is 0 Å². The van der Waals surface area contributed by atoms with Gasteiger partial charge in [0.25, 0.3) is 0 Å². The van der Waals surface area contributed by atoms with Crippen LogP contribution in [-0.2, 0) is 11.3 Å². The lowest BCUT2D eigenvalue weighted by Crippen LogP contribution is -2.28. The van der Waals surface area contributed by atoms with Crippen molar-refractivity contribution in [2.75, 3.05) is 26.8 Å². The molecular weight excluding hydrogens is 263 g/mol. The third-order valence-corrected chi connectivity index (χ3v) is 2.89. The van der Waals surface area contributed by atoms with Crippen molar-refractivity contribution in [2.24, 2.45) is 0 Å². The zero-order chi connectivity index (χ0) is 10.5. The smallest absolute Gasteiger partial charge is 0.136 e. The largest absolute Gasteiger partial charge is 0.383 e. The first-order chi connectivity index (χ1) is 7.42. The van der Waals surface area contributed by atoms with Crippen LogP contribution < -0.4 is 5.32 Å². The number of piperidine rings is 1. The number of aromatic nitrogens is 3. The molecule has 2 heterocycles. The Labute approximate surface area is 114 Å². The molecule has 1 aromatic heterocycles. The van der Waals surface area contributed by atoms with Gasteiger partial charge in [0.05, 0.1) is 6.61 Å². The van der Waals surface area contributed by atoms with Gasteiger partial charge in [0.2, 0.25) is 0 Å². The van der Waals surface area contributed by atoms with Gasteiger partial charge in [0, 0.05) is 19.6 Å². The zero-order valence-corrected chi connectivity index (χ0v) is 11.6. The van der Waals surface area contributed by atoms with Crippen molar-refractivity contribution in [3.05, 3.63) is 12.2 Å². The topological polar surface area (TPSA) is 52.0 Å². The minimum Gasteiger partial charge on any atom is -0.383 e. The Kier molecular flexibility index (Phi) is 8.51. The molecule has 0 bridgehead atoms. The summed E-state index contributed by atoms with van der Waals surface area (Å²) in [4.78, 5) is 0. The zero-order valence-electron chi connectivity index (χ0n) is 9.96. The number of hydrogen-bond donors (Lipinski definition) is 1. The van der Waals surface area contributed by atoms with Crippen LogP contribution in [0, 0.1) is 0 Å². The van der Waals surface area contributed by atoms with Gasteiger partial charge in [-0.2, -0.15) is 0 Å². The molecule has 0 radical (unpaired) electrons. The van der Waals surface area contributed by atoms with Gasteiger partial charge in [-0.1, -0.05) is 0 Å². The minimum absolute atomic E-state index is 0. The number of nitrogens with one attached hydrogen (secondary N) is 1. The number of hydrogen-bond acceptors (Lipinski definition) is 4. The van der Waals surface area contributed by atoms with Crippen LogP contribution in [0.15, 0.2) is 6.33 Å². The quantitative estimate of drug-likeness (QED) is 0.903. The second-order valence-corrected chi connectivity index (χ2v) is 3.90. The Morgan fingerprint density at radius 3 is 2.76 bits per heavy atom. The molecule has 0 aromatic carbocycles. The predicted molar refractivity (Wildman–Crippen MR) is 71.2 cm³/mol. The van der Waals surface area contributed by atoms with E-state index in [1.807, 2.05) is 0 Å². The van der Waals surface area contributed by atoms with Gasteiger partial charge in [-0.15, -0.1) is 35.0 Å². The van der Waals surface area contributed by atoms with E-state index in [2.05, 4.69) is 20.1 Å². The van der Waals surface area contributed by atoms with E-state index in [1.54, 1.807) is 13.4 Å². The van der Waals surface area contributed by atoms with Crippen LogP contribution in [-0.4, -0.2) is 41.6 Å². The lowest BCUT2D eigenvalue weighted by atomic mass is 9.97. The maximum atomic E-state index is 5.07. The van der Waals surface area contributed by atoms with Gasteiger partial charge in [-0.25, -0.2) is 0 Å². The number of halogens is 2. The monoisotopic (exact) mass is 282 g/mol. The van der Waals surface area contributed by atoms with Crippen molar-refractivity contribution < 1.29 is 4.74 Å². The third kappa shape index (κ3) is 4.43.